The van der Waals surface area contributed by atoms with Crippen LogP contribution in [0.5, 0.6) is 0 Å². The van der Waals surface area contributed by atoms with E-state index in [-0.39, 0.29) is 31.0 Å². The minimum atomic E-state index is -0.965. The fourth-order valence-electron chi connectivity index (χ4n) is 2.00. The summed E-state index contributed by atoms with van der Waals surface area (Å²) in [6, 6.07) is -0.752. The van der Waals surface area contributed by atoms with Gasteiger partial charge in [-0.1, -0.05) is 20.8 Å². The number of carboxylic acid groups (broad SMARTS) is 1. The number of nitrogens with one attached hydrogen (secondary N) is 1. The number of piperazine rings is 1. The Balaban J connectivity index is 2.12. The first-order valence-corrected chi connectivity index (χ1v) is 6.46. The van der Waals surface area contributed by atoms with Crippen molar-refractivity contribution in [3.63, 3.8) is 0 Å². The summed E-state index contributed by atoms with van der Waals surface area (Å²) in [5.41, 5.74) is 0.675. The average Bonchev–Trinajstić information content (AvgIpc) is 2.76. The highest BCUT2D eigenvalue weighted by atomic mass is 16.4. The van der Waals surface area contributed by atoms with Crippen LogP contribution in [-0.4, -0.2) is 46.0 Å². The number of nitrogens with zero attached hydrogens (tertiary/aromatic N) is 2. The zero-order valence-electron chi connectivity index (χ0n) is 11.8. The monoisotopic (exact) mass is 281 g/mol. The van der Waals surface area contributed by atoms with Crippen LogP contribution < -0.4 is 5.32 Å². The highest BCUT2D eigenvalue weighted by Gasteiger charge is 2.33. The molecule has 1 aromatic heterocycles. The van der Waals surface area contributed by atoms with Crippen LogP contribution in [-0.2, 0) is 21.5 Å². The first-order chi connectivity index (χ1) is 9.27. The summed E-state index contributed by atoms with van der Waals surface area (Å²) in [5.74, 6) is -0.728. The number of aliphatic carboxylic acids is 1. The third-order valence-electron chi connectivity index (χ3n) is 3.22. The highest BCUT2D eigenvalue weighted by molar-refractivity contribution is 5.83. The SMILES string of the molecule is CC(C)(C)c1coc(CN2CC(=O)NCC2C(=O)O)n1. The van der Waals surface area contributed by atoms with Crippen molar-refractivity contribution in [1.82, 2.24) is 15.2 Å². The predicted octanol–water partition coefficient (Wildman–Crippen LogP) is 0.357. The normalized spacial score (nSPS) is 20.8. The molecule has 0 saturated carbocycles. The van der Waals surface area contributed by atoms with Crippen LogP contribution in [0.1, 0.15) is 32.4 Å². The van der Waals surface area contributed by atoms with Crippen molar-refractivity contribution in [1.29, 1.82) is 0 Å². The number of carboxylic acids is 1. The lowest BCUT2D eigenvalue weighted by molar-refractivity contribution is -0.146. The Morgan fingerprint density at radius 2 is 2.30 bits per heavy atom. The minimum absolute atomic E-state index is 0.0319. The van der Waals surface area contributed by atoms with Gasteiger partial charge in [-0.15, -0.1) is 0 Å². The number of amides is 1. The van der Waals surface area contributed by atoms with Gasteiger partial charge < -0.3 is 14.8 Å². The molecule has 1 aromatic rings. The van der Waals surface area contributed by atoms with Crippen LogP contribution in [0.25, 0.3) is 0 Å². The van der Waals surface area contributed by atoms with Crippen LogP contribution in [0.2, 0.25) is 0 Å². The maximum Gasteiger partial charge on any atom is 0.322 e. The number of oxazole rings is 1. The lowest BCUT2D eigenvalue weighted by atomic mass is 9.93. The van der Waals surface area contributed by atoms with E-state index in [0.717, 1.165) is 5.69 Å². The zero-order chi connectivity index (χ0) is 14.9. The van der Waals surface area contributed by atoms with Gasteiger partial charge in [-0.2, -0.15) is 0 Å². The predicted molar refractivity (Wildman–Crippen MR) is 70.0 cm³/mol. The molecule has 2 rings (SSSR count). The molecule has 2 N–H and O–H groups in total. The summed E-state index contributed by atoms with van der Waals surface area (Å²) in [6.45, 7) is 6.39. The molecular weight excluding hydrogens is 262 g/mol. The van der Waals surface area contributed by atoms with E-state index in [1.54, 1.807) is 11.2 Å². The summed E-state index contributed by atoms with van der Waals surface area (Å²) < 4.78 is 5.38. The van der Waals surface area contributed by atoms with Crippen molar-refractivity contribution in [2.75, 3.05) is 13.1 Å². The molecule has 0 bridgehead atoms. The van der Waals surface area contributed by atoms with Crippen LogP contribution in [0.15, 0.2) is 10.7 Å². The number of rotatable bonds is 3. The Morgan fingerprint density at radius 3 is 2.85 bits per heavy atom. The summed E-state index contributed by atoms with van der Waals surface area (Å²) >= 11 is 0. The maximum absolute atomic E-state index is 11.4. The summed E-state index contributed by atoms with van der Waals surface area (Å²) in [6.07, 6.45) is 1.58. The number of carbonyl (C=O) groups is 2. The molecule has 1 atom stereocenters. The van der Waals surface area contributed by atoms with Crippen LogP contribution in [0.4, 0.5) is 0 Å². The molecule has 0 aliphatic carbocycles. The second-order valence-electron chi connectivity index (χ2n) is 5.94. The Morgan fingerprint density at radius 1 is 1.60 bits per heavy atom. The van der Waals surface area contributed by atoms with Crippen LogP contribution >= 0.6 is 0 Å². The summed E-state index contributed by atoms with van der Waals surface area (Å²) in [5, 5.41) is 11.7. The Kier molecular flexibility index (Phi) is 3.80. The molecule has 0 aromatic carbocycles. The minimum Gasteiger partial charge on any atom is -0.480 e. The number of carbonyl (C=O) groups excluding carboxylic acids is 1. The number of hydrogen-bond donors (Lipinski definition) is 2. The third kappa shape index (κ3) is 3.16. The van der Waals surface area contributed by atoms with Gasteiger partial charge in [0.25, 0.3) is 0 Å². The quantitative estimate of drug-likeness (QED) is 0.830. The second-order valence-corrected chi connectivity index (χ2v) is 5.94. The Hall–Kier alpha value is -1.89. The Labute approximate surface area is 117 Å². The van der Waals surface area contributed by atoms with Crippen molar-refractivity contribution in [2.45, 2.75) is 38.8 Å². The van der Waals surface area contributed by atoms with Gasteiger partial charge in [0.05, 0.1) is 18.8 Å². The Bertz CT molecular complexity index is 518. The number of hydrogen-bond acceptors (Lipinski definition) is 5. The standard InChI is InChI=1S/C13H19N3O4/c1-13(2,3)9-7-20-11(15-9)6-16-5-10(17)14-4-8(16)12(18)19/h7-8H,4-6H2,1-3H3,(H,14,17)(H,18,19). The van der Waals surface area contributed by atoms with E-state index in [9.17, 15) is 9.59 Å². The molecule has 0 radical (unpaired) electrons. The molecule has 1 unspecified atom stereocenters. The van der Waals surface area contributed by atoms with E-state index in [4.69, 9.17) is 9.52 Å². The van der Waals surface area contributed by atoms with Crippen molar-refractivity contribution >= 4 is 11.9 Å². The van der Waals surface area contributed by atoms with Gasteiger partial charge in [-0.25, -0.2) is 4.98 Å². The van der Waals surface area contributed by atoms with Crippen LogP contribution in [0, 0.1) is 0 Å². The lowest BCUT2D eigenvalue weighted by Crippen LogP contribution is -2.56. The van der Waals surface area contributed by atoms with Crippen molar-refractivity contribution in [3.8, 4) is 0 Å². The molecule has 7 heteroatoms. The summed E-state index contributed by atoms with van der Waals surface area (Å²) in [4.78, 5) is 28.5. The highest BCUT2D eigenvalue weighted by Crippen LogP contribution is 2.22. The van der Waals surface area contributed by atoms with Gasteiger partial charge in [-0.3, -0.25) is 14.5 Å². The second kappa shape index (κ2) is 5.24. The molecular formula is C13H19N3O4. The smallest absolute Gasteiger partial charge is 0.322 e. The molecule has 110 valence electrons. The van der Waals surface area contributed by atoms with E-state index < -0.39 is 12.0 Å². The molecule has 1 fully saturated rings. The lowest BCUT2D eigenvalue weighted by Gasteiger charge is -2.31. The van der Waals surface area contributed by atoms with Crippen molar-refractivity contribution in [3.05, 3.63) is 17.8 Å². The first kappa shape index (κ1) is 14.5. The molecule has 20 heavy (non-hydrogen) atoms. The van der Waals surface area contributed by atoms with E-state index in [0.29, 0.717) is 5.89 Å². The van der Waals surface area contributed by atoms with Gasteiger partial charge in [0.1, 0.15) is 12.3 Å². The van der Waals surface area contributed by atoms with Gasteiger partial charge in [-0.05, 0) is 0 Å². The number of aromatic nitrogens is 1. The van der Waals surface area contributed by atoms with Gasteiger partial charge in [0.2, 0.25) is 11.8 Å². The molecule has 0 spiro atoms. The van der Waals surface area contributed by atoms with Crippen molar-refractivity contribution < 1.29 is 19.1 Å². The van der Waals surface area contributed by atoms with E-state index >= 15 is 0 Å². The molecule has 7 nitrogen and oxygen atoms in total. The molecule has 2 heterocycles. The molecule has 1 aliphatic rings. The molecule has 1 amide bonds. The van der Waals surface area contributed by atoms with E-state index in [1.165, 1.54) is 0 Å². The van der Waals surface area contributed by atoms with E-state index in [2.05, 4.69) is 10.3 Å². The topological polar surface area (TPSA) is 95.7 Å². The van der Waals surface area contributed by atoms with Crippen LogP contribution in [0.3, 0.4) is 0 Å². The van der Waals surface area contributed by atoms with E-state index in [1.807, 2.05) is 20.8 Å². The first-order valence-electron chi connectivity index (χ1n) is 6.46. The third-order valence-corrected chi connectivity index (χ3v) is 3.22. The van der Waals surface area contributed by atoms with Gasteiger partial charge in [0.15, 0.2) is 0 Å². The molecule has 1 aliphatic heterocycles. The maximum atomic E-state index is 11.4. The van der Waals surface area contributed by atoms with Gasteiger partial charge >= 0.3 is 5.97 Å². The van der Waals surface area contributed by atoms with Crippen molar-refractivity contribution in [2.24, 2.45) is 0 Å². The summed E-state index contributed by atoms with van der Waals surface area (Å²) in [7, 11) is 0. The zero-order valence-corrected chi connectivity index (χ0v) is 11.8. The fourth-order valence-corrected chi connectivity index (χ4v) is 2.00. The average molecular weight is 281 g/mol. The largest absolute Gasteiger partial charge is 0.480 e. The fraction of sp³-hybridized carbons (Fsp3) is 0.615. The molecule has 1 saturated heterocycles. The van der Waals surface area contributed by atoms with Gasteiger partial charge in [0, 0.05) is 12.0 Å².